The minimum atomic E-state index is 0.0711. The quantitative estimate of drug-likeness (QED) is 0.642. The Balaban J connectivity index is 1.58. The van der Waals surface area contributed by atoms with Gasteiger partial charge in [-0.25, -0.2) is 0 Å². The van der Waals surface area contributed by atoms with Gasteiger partial charge in [0.25, 0.3) is 0 Å². The van der Waals surface area contributed by atoms with Crippen LogP contribution in [0.25, 0.3) is 0 Å². The summed E-state index contributed by atoms with van der Waals surface area (Å²) in [6, 6.07) is 16.8. The second kappa shape index (κ2) is 7.74. The fourth-order valence-electron chi connectivity index (χ4n) is 3.98. The number of benzene rings is 2. The number of hydrogen-bond acceptors (Lipinski definition) is 4. The SMILES string of the molecule is Nc1cccc(C2NC(=S)C(CCN3CCOCC3)c3ccccc32)c1. The Bertz CT molecular complexity index is 788. The second-order valence-corrected chi connectivity index (χ2v) is 7.48. The molecule has 26 heavy (non-hydrogen) atoms. The van der Waals surface area contributed by atoms with Crippen LogP contribution in [-0.4, -0.2) is 42.7 Å². The minimum absolute atomic E-state index is 0.0711. The van der Waals surface area contributed by atoms with Gasteiger partial charge in [0.15, 0.2) is 0 Å². The molecular formula is C21H25N3OS. The van der Waals surface area contributed by atoms with Gasteiger partial charge in [-0.05, 0) is 41.8 Å². The maximum atomic E-state index is 6.00. The number of nitrogen functional groups attached to an aromatic ring is 1. The van der Waals surface area contributed by atoms with Crippen molar-refractivity contribution in [2.45, 2.75) is 18.4 Å². The molecule has 5 heteroatoms. The fraction of sp³-hybridized carbons (Fsp3) is 0.381. The minimum Gasteiger partial charge on any atom is -0.399 e. The summed E-state index contributed by atoms with van der Waals surface area (Å²) in [6.45, 7) is 4.75. The van der Waals surface area contributed by atoms with Crippen molar-refractivity contribution in [2.75, 3.05) is 38.6 Å². The number of rotatable bonds is 4. The van der Waals surface area contributed by atoms with Gasteiger partial charge in [0.2, 0.25) is 0 Å². The van der Waals surface area contributed by atoms with Crippen molar-refractivity contribution in [1.82, 2.24) is 10.2 Å². The smallest absolute Gasteiger partial charge is 0.0837 e. The number of nitrogens with zero attached hydrogens (tertiary/aromatic N) is 1. The van der Waals surface area contributed by atoms with Crippen LogP contribution in [-0.2, 0) is 4.74 Å². The molecule has 0 aromatic heterocycles. The molecule has 4 nitrogen and oxygen atoms in total. The van der Waals surface area contributed by atoms with E-state index < -0.39 is 0 Å². The van der Waals surface area contributed by atoms with Gasteiger partial charge in [-0.1, -0.05) is 48.6 Å². The molecule has 0 saturated carbocycles. The lowest BCUT2D eigenvalue weighted by atomic mass is 9.82. The van der Waals surface area contributed by atoms with Gasteiger partial charge in [-0.3, -0.25) is 4.90 Å². The standard InChI is InChI=1S/C21H25N3OS/c22-16-5-3-4-15(14-16)20-18-7-2-1-6-17(18)19(21(26)23-20)8-9-24-10-12-25-13-11-24/h1-7,14,19-20H,8-13,22H2,(H,23,26). The van der Waals surface area contributed by atoms with Gasteiger partial charge in [0.05, 0.1) is 24.2 Å². The molecule has 2 aromatic rings. The van der Waals surface area contributed by atoms with Gasteiger partial charge in [0.1, 0.15) is 0 Å². The lowest BCUT2D eigenvalue weighted by molar-refractivity contribution is 0.0371. The van der Waals surface area contributed by atoms with Crippen LogP contribution in [0.3, 0.4) is 0 Å². The van der Waals surface area contributed by atoms with Crippen molar-refractivity contribution in [1.29, 1.82) is 0 Å². The average Bonchev–Trinajstić information content (AvgIpc) is 2.67. The first-order valence-corrected chi connectivity index (χ1v) is 9.68. The van der Waals surface area contributed by atoms with E-state index in [-0.39, 0.29) is 12.0 Å². The van der Waals surface area contributed by atoms with Crippen LogP contribution in [0.5, 0.6) is 0 Å². The summed E-state index contributed by atoms with van der Waals surface area (Å²) in [5.41, 5.74) is 10.6. The van der Waals surface area contributed by atoms with E-state index in [4.69, 9.17) is 22.7 Å². The molecule has 0 amide bonds. The molecule has 0 aliphatic carbocycles. The summed E-state index contributed by atoms with van der Waals surface area (Å²) in [5, 5.41) is 3.59. The highest BCUT2D eigenvalue weighted by molar-refractivity contribution is 7.80. The van der Waals surface area contributed by atoms with E-state index in [2.05, 4.69) is 40.5 Å². The van der Waals surface area contributed by atoms with Crippen LogP contribution in [0.2, 0.25) is 0 Å². The lowest BCUT2D eigenvalue weighted by Gasteiger charge is -2.36. The summed E-state index contributed by atoms with van der Waals surface area (Å²) in [7, 11) is 0. The number of thiocarbonyl (C=S) groups is 1. The van der Waals surface area contributed by atoms with Gasteiger partial charge in [0, 0.05) is 24.7 Å². The third kappa shape index (κ3) is 3.61. The molecule has 2 aliphatic rings. The molecule has 2 aromatic carbocycles. The predicted octanol–water partition coefficient (Wildman–Crippen LogP) is 3.09. The number of fused-ring (bicyclic) bond motifs is 1. The van der Waals surface area contributed by atoms with E-state index in [0.29, 0.717) is 0 Å². The highest BCUT2D eigenvalue weighted by Crippen LogP contribution is 2.37. The number of nitrogens with one attached hydrogen (secondary N) is 1. The molecule has 1 fully saturated rings. The highest BCUT2D eigenvalue weighted by Gasteiger charge is 2.31. The Labute approximate surface area is 160 Å². The molecule has 4 rings (SSSR count). The second-order valence-electron chi connectivity index (χ2n) is 7.04. The Kier molecular flexibility index (Phi) is 5.20. The Morgan fingerprint density at radius 2 is 1.85 bits per heavy atom. The van der Waals surface area contributed by atoms with E-state index >= 15 is 0 Å². The zero-order chi connectivity index (χ0) is 17.9. The van der Waals surface area contributed by atoms with Crippen molar-refractivity contribution in [3.05, 3.63) is 65.2 Å². The third-order valence-electron chi connectivity index (χ3n) is 5.37. The first-order valence-electron chi connectivity index (χ1n) is 9.27. The maximum Gasteiger partial charge on any atom is 0.0837 e. The van der Waals surface area contributed by atoms with E-state index in [1.165, 1.54) is 11.1 Å². The summed E-state index contributed by atoms with van der Waals surface area (Å²) in [4.78, 5) is 3.41. The molecule has 136 valence electrons. The average molecular weight is 368 g/mol. The zero-order valence-electron chi connectivity index (χ0n) is 14.9. The van der Waals surface area contributed by atoms with Crippen LogP contribution >= 0.6 is 12.2 Å². The van der Waals surface area contributed by atoms with Gasteiger partial charge < -0.3 is 15.8 Å². The van der Waals surface area contributed by atoms with Crippen molar-refractivity contribution in [3.8, 4) is 0 Å². The molecular weight excluding hydrogens is 342 g/mol. The number of anilines is 1. The summed E-state index contributed by atoms with van der Waals surface area (Å²) < 4.78 is 5.45. The van der Waals surface area contributed by atoms with Gasteiger partial charge in [-0.2, -0.15) is 0 Å². The van der Waals surface area contributed by atoms with Crippen LogP contribution in [0.4, 0.5) is 5.69 Å². The summed E-state index contributed by atoms with van der Waals surface area (Å²) >= 11 is 5.79. The number of morpholine rings is 1. The molecule has 2 heterocycles. The van der Waals surface area contributed by atoms with Crippen molar-refractivity contribution >= 4 is 22.9 Å². The number of nitrogens with two attached hydrogens (primary N) is 1. The Morgan fingerprint density at radius 1 is 1.08 bits per heavy atom. The van der Waals surface area contributed by atoms with Gasteiger partial charge in [-0.15, -0.1) is 0 Å². The van der Waals surface area contributed by atoms with Crippen molar-refractivity contribution in [2.24, 2.45) is 0 Å². The normalized spacial score (nSPS) is 23.3. The molecule has 0 spiro atoms. The summed E-state index contributed by atoms with van der Waals surface area (Å²) in [5.74, 6) is 0.265. The summed E-state index contributed by atoms with van der Waals surface area (Å²) in [6.07, 6.45) is 1.03. The lowest BCUT2D eigenvalue weighted by Crippen LogP contribution is -2.41. The largest absolute Gasteiger partial charge is 0.399 e. The molecule has 0 bridgehead atoms. The topological polar surface area (TPSA) is 50.5 Å². The Morgan fingerprint density at radius 3 is 2.62 bits per heavy atom. The van der Waals surface area contributed by atoms with E-state index in [9.17, 15) is 0 Å². The molecule has 3 N–H and O–H groups in total. The van der Waals surface area contributed by atoms with Crippen molar-refractivity contribution in [3.63, 3.8) is 0 Å². The Hall–Kier alpha value is -1.95. The number of ether oxygens (including phenoxy) is 1. The van der Waals surface area contributed by atoms with Crippen LogP contribution in [0.1, 0.15) is 35.1 Å². The molecule has 2 atom stereocenters. The predicted molar refractivity (Wildman–Crippen MR) is 109 cm³/mol. The van der Waals surface area contributed by atoms with E-state index in [1.54, 1.807) is 0 Å². The third-order valence-corrected chi connectivity index (χ3v) is 5.77. The van der Waals surface area contributed by atoms with Gasteiger partial charge >= 0.3 is 0 Å². The fourth-order valence-corrected chi connectivity index (χ4v) is 4.34. The maximum absolute atomic E-state index is 6.00. The first kappa shape index (κ1) is 17.5. The van der Waals surface area contributed by atoms with E-state index in [0.717, 1.165) is 55.5 Å². The van der Waals surface area contributed by atoms with E-state index in [1.807, 2.05) is 18.2 Å². The zero-order valence-corrected chi connectivity index (χ0v) is 15.7. The van der Waals surface area contributed by atoms with Crippen LogP contribution < -0.4 is 11.1 Å². The molecule has 0 radical (unpaired) electrons. The molecule has 2 unspecified atom stereocenters. The van der Waals surface area contributed by atoms with Crippen molar-refractivity contribution < 1.29 is 4.74 Å². The van der Waals surface area contributed by atoms with Crippen LogP contribution in [0.15, 0.2) is 48.5 Å². The molecule has 1 saturated heterocycles. The first-order chi connectivity index (χ1) is 12.7. The highest BCUT2D eigenvalue weighted by atomic mass is 32.1. The molecule has 2 aliphatic heterocycles. The number of hydrogen-bond donors (Lipinski definition) is 2. The van der Waals surface area contributed by atoms with Crippen LogP contribution in [0, 0.1) is 0 Å². The monoisotopic (exact) mass is 367 g/mol.